The minimum Gasteiger partial charge on any atom is -0.449 e. The van der Waals surface area contributed by atoms with Gasteiger partial charge in [-0.2, -0.15) is 0 Å². The van der Waals surface area contributed by atoms with Crippen molar-refractivity contribution in [2.75, 3.05) is 6.54 Å². The van der Waals surface area contributed by atoms with Crippen LogP contribution >= 0.6 is 0 Å². The molecule has 1 amide bonds. The zero-order valence-corrected chi connectivity index (χ0v) is 13.5. The van der Waals surface area contributed by atoms with Crippen molar-refractivity contribution in [1.82, 2.24) is 10.5 Å². The topological polar surface area (TPSA) is 81.4 Å². The van der Waals surface area contributed by atoms with Crippen molar-refractivity contribution in [3.63, 3.8) is 0 Å². The third kappa shape index (κ3) is 4.08. The average molecular weight is 308 g/mol. The zero-order chi connectivity index (χ0) is 16.1. The van der Waals surface area contributed by atoms with Crippen molar-refractivity contribution in [1.29, 1.82) is 0 Å². The summed E-state index contributed by atoms with van der Waals surface area (Å²) >= 11 is 0. The number of aromatic nitrogens is 1. The van der Waals surface area contributed by atoms with E-state index >= 15 is 0 Å². The number of carbonyl (C=O) groups excluding carboxylic acids is 2. The van der Waals surface area contributed by atoms with Crippen LogP contribution < -0.4 is 5.32 Å². The number of rotatable bonds is 5. The van der Waals surface area contributed by atoms with Gasteiger partial charge in [0, 0.05) is 6.54 Å². The predicted molar refractivity (Wildman–Crippen MR) is 80.4 cm³/mol. The number of nitrogens with zero attached hydrogens (tertiary/aromatic N) is 1. The molecule has 1 fully saturated rings. The molecule has 1 aliphatic rings. The first kappa shape index (κ1) is 16.5. The van der Waals surface area contributed by atoms with Crippen LogP contribution in [0, 0.1) is 19.8 Å². The first-order valence-electron chi connectivity index (χ1n) is 7.90. The normalized spacial score (nSPS) is 17.0. The summed E-state index contributed by atoms with van der Waals surface area (Å²) < 4.78 is 10.1. The molecule has 0 saturated heterocycles. The van der Waals surface area contributed by atoms with Gasteiger partial charge < -0.3 is 14.6 Å². The molecule has 122 valence electrons. The minimum atomic E-state index is -0.829. The molecular weight excluding hydrogens is 284 g/mol. The molecule has 0 bridgehead atoms. The van der Waals surface area contributed by atoms with Gasteiger partial charge in [-0.25, -0.2) is 4.79 Å². The quantitative estimate of drug-likeness (QED) is 0.845. The summed E-state index contributed by atoms with van der Waals surface area (Å²) in [6, 6.07) is 0. The summed E-state index contributed by atoms with van der Waals surface area (Å²) in [6.07, 6.45) is 5.25. The van der Waals surface area contributed by atoms with Crippen LogP contribution in [0.15, 0.2) is 4.52 Å². The molecule has 6 heteroatoms. The fourth-order valence-corrected chi connectivity index (χ4v) is 2.83. The molecular formula is C16H24N2O4. The van der Waals surface area contributed by atoms with Gasteiger partial charge in [-0.1, -0.05) is 24.4 Å². The van der Waals surface area contributed by atoms with E-state index in [4.69, 9.17) is 9.26 Å². The maximum atomic E-state index is 12.1. The van der Waals surface area contributed by atoms with Crippen molar-refractivity contribution >= 4 is 11.9 Å². The molecule has 0 aromatic carbocycles. The molecule has 1 N–H and O–H groups in total. The summed E-state index contributed by atoms with van der Waals surface area (Å²) in [7, 11) is 0. The van der Waals surface area contributed by atoms with E-state index in [1.807, 2.05) is 0 Å². The van der Waals surface area contributed by atoms with Gasteiger partial charge in [-0.15, -0.1) is 0 Å². The Hall–Kier alpha value is -1.85. The summed E-state index contributed by atoms with van der Waals surface area (Å²) in [5.74, 6) is 0.114. The van der Waals surface area contributed by atoms with Crippen LogP contribution in [-0.4, -0.2) is 29.7 Å². The second kappa shape index (κ2) is 7.42. The molecule has 1 aliphatic carbocycles. The number of hydrogen-bond donors (Lipinski definition) is 1. The van der Waals surface area contributed by atoms with Crippen molar-refractivity contribution in [3.8, 4) is 0 Å². The highest BCUT2D eigenvalue weighted by Crippen LogP contribution is 2.22. The highest BCUT2D eigenvalue weighted by Gasteiger charge is 2.24. The van der Waals surface area contributed by atoms with Crippen LogP contribution in [0.25, 0.3) is 0 Å². The Morgan fingerprint density at radius 3 is 2.59 bits per heavy atom. The third-order valence-electron chi connectivity index (χ3n) is 4.18. The molecule has 1 aromatic rings. The van der Waals surface area contributed by atoms with Gasteiger partial charge in [0.25, 0.3) is 5.91 Å². The number of hydrogen-bond acceptors (Lipinski definition) is 5. The maximum absolute atomic E-state index is 12.1. The molecule has 1 heterocycles. The Kier molecular flexibility index (Phi) is 5.57. The smallest absolute Gasteiger partial charge is 0.344 e. The monoisotopic (exact) mass is 308 g/mol. The van der Waals surface area contributed by atoms with E-state index in [9.17, 15) is 9.59 Å². The number of amides is 1. The zero-order valence-electron chi connectivity index (χ0n) is 13.5. The molecule has 1 saturated carbocycles. The van der Waals surface area contributed by atoms with Gasteiger partial charge in [0.2, 0.25) is 0 Å². The van der Waals surface area contributed by atoms with Gasteiger partial charge in [0.05, 0.1) is 5.69 Å². The standard InChI is InChI=1S/C16H24N2O4/c1-10-14(11(2)22-18-10)16(20)21-12(3)15(19)17-9-13-7-5-4-6-8-13/h12-13H,4-9H2,1-3H3,(H,17,19)/t12-/m0/s1. The van der Waals surface area contributed by atoms with Gasteiger partial charge in [-0.05, 0) is 39.5 Å². The van der Waals surface area contributed by atoms with Crippen LogP contribution in [0.2, 0.25) is 0 Å². The second-order valence-corrected chi connectivity index (χ2v) is 6.00. The molecule has 0 spiro atoms. The molecule has 22 heavy (non-hydrogen) atoms. The Morgan fingerprint density at radius 2 is 2.00 bits per heavy atom. The predicted octanol–water partition coefficient (Wildman–Crippen LogP) is 2.53. The van der Waals surface area contributed by atoms with Gasteiger partial charge in [0.15, 0.2) is 6.10 Å². The van der Waals surface area contributed by atoms with Crippen molar-refractivity contribution < 1.29 is 18.8 Å². The fourth-order valence-electron chi connectivity index (χ4n) is 2.83. The molecule has 0 aliphatic heterocycles. The lowest BCUT2D eigenvalue weighted by Crippen LogP contribution is -2.38. The maximum Gasteiger partial charge on any atom is 0.344 e. The highest BCUT2D eigenvalue weighted by molar-refractivity contribution is 5.93. The number of esters is 1. The SMILES string of the molecule is Cc1noc(C)c1C(=O)O[C@@H](C)C(=O)NCC1CCCCC1. The molecule has 2 rings (SSSR count). The van der Waals surface area contributed by atoms with Crippen LogP contribution in [0.5, 0.6) is 0 Å². The Morgan fingerprint density at radius 1 is 1.32 bits per heavy atom. The van der Waals surface area contributed by atoms with Crippen LogP contribution in [0.3, 0.4) is 0 Å². The molecule has 6 nitrogen and oxygen atoms in total. The first-order chi connectivity index (χ1) is 10.5. The van der Waals surface area contributed by atoms with Gasteiger partial charge in [-0.3, -0.25) is 4.79 Å². The molecule has 0 unspecified atom stereocenters. The third-order valence-corrected chi connectivity index (χ3v) is 4.18. The Bertz CT molecular complexity index is 513. The largest absolute Gasteiger partial charge is 0.449 e. The fraction of sp³-hybridized carbons (Fsp3) is 0.688. The lowest BCUT2D eigenvalue weighted by atomic mass is 9.89. The molecule has 1 aromatic heterocycles. The van der Waals surface area contributed by atoms with Crippen LogP contribution in [0.1, 0.15) is 60.8 Å². The van der Waals surface area contributed by atoms with E-state index in [1.54, 1.807) is 20.8 Å². The number of nitrogens with one attached hydrogen (secondary N) is 1. The first-order valence-corrected chi connectivity index (χ1v) is 7.90. The van der Waals surface area contributed by atoms with Crippen molar-refractivity contribution in [3.05, 3.63) is 17.0 Å². The number of aryl methyl sites for hydroxylation is 2. The van der Waals surface area contributed by atoms with Crippen LogP contribution in [0.4, 0.5) is 0 Å². The summed E-state index contributed by atoms with van der Waals surface area (Å²) in [6.45, 7) is 5.55. The average Bonchev–Trinajstić information content (AvgIpc) is 2.84. The van der Waals surface area contributed by atoms with Crippen LogP contribution in [-0.2, 0) is 9.53 Å². The minimum absolute atomic E-state index is 0.259. The lowest BCUT2D eigenvalue weighted by Gasteiger charge is -2.22. The molecule has 1 atom stereocenters. The van der Waals surface area contributed by atoms with E-state index in [0.717, 1.165) is 12.8 Å². The number of carbonyl (C=O) groups is 2. The van der Waals surface area contributed by atoms with Crippen molar-refractivity contribution in [2.24, 2.45) is 5.92 Å². The second-order valence-electron chi connectivity index (χ2n) is 6.00. The Balaban J connectivity index is 1.82. The van der Waals surface area contributed by atoms with E-state index in [1.165, 1.54) is 19.3 Å². The lowest BCUT2D eigenvalue weighted by molar-refractivity contribution is -0.129. The van der Waals surface area contributed by atoms with E-state index < -0.39 is 12.1 Å². The Labute approximate surface area is 130 Å². The van der Waals surface area contributed by atoms with E-state index in [0.29, 0.717) is 29.5 Å². The van der Waals surface area contributed by atoms with E-state index in [-0.39, 0.29) is 5.91 Å². The van der Waals surface area contributed by atoms with E-state index in [2.05, 4.69) is 10.5 Å². The molecule has 0 radical (unpaired) electrons. The highest BCUT2D eigenvalue weighted by atomic mass is 16.5. The summed E-state index contributed by atoms with van der Waals surface area (Å²) in [5.41, 5.74) is 0.768. The number of ether oxygens (including phenoxy) is 1. The van der Waals surface area contributed by atoms with Gasteiger partial charge in [0.1, 0.15) is 11.3 Å². The summed E-state index contributed by atoms with van der Waals surface area (Å²) in [5, 5.41) is 6.59. The van der Waals surface area contributed by atoms with Gasteiger partial charge >= 0.3 is 5.97 Å². The summed E-state index contributed by atoms with van der Waals surface area (Å²) in [4.78, 5) is 24.1. The van der Waals surface area contributed by atoms with Crippen molar-refractivity contribution in [2.45, 2.75) is 59.0 Å².